The highest BCUT2D eigenvalue weighted by Crippen LogP contribution is 2.26. The van der Waals surface area contributed by atoms with E-state index in [1.807, 2.05) is 0 Å². The summed E-state index contributed by atoms with van der Waals surface area (Å²) in [5, 5.41) is 0. The van der Waals surface area contributed by atoms with E-state index in [1.54, 1.807) is 45.0 Å². The average Bonchev–Trinajstić information content (AvgIpc) is 2.46. The van der Waals surface area contributed by atoms with Crippen LogP contribution in [0.1, 0.15) is 11.4 Å². The lowest BCUT2D eigenvalue weighted by molar-refractivity contribution is 0.402. The molecule has 23 heavy (non-hydrogen) atoms. The second-order valence-electron chi connectivity index (χ2n) is 5.16. The summed E-state index contributed by atoms with van der Waals surface area (Å²) in [6.07, 6.45) is 0. The smallest absolute Gasteiger partial charge is 0.267 e. The van der Waals surface area contributed by atoms with Gasteiger partial charge in [0, 0.05) is 14.1 Å². The third-order valence-electron chi connectivity index (χ3n) is 2.97. The Morgan fingerprint density at radius 1 is 1.13 bits per heavy atom. The molecule has 0 radical (unpaired) electrons. The van der Waals surface area contributed by atoms with Gasteiger partial charge in [0.25, 0.3) is 10.0 Å². The van der Waals surface area contributed by atoms with Crippen LogP contribution < -0.4 is 14.4 Å². The van der Waals surface area contributed by atoms with Crippen LogP contribution in [0.15, 0.2) is 23.1 Å². The van der Waals surface area contributed by atoms with Crippen molar-refractivity contribution in [2.24, 2.45) is 0 Å². The predicted octanol–water partition coefficient (Wildman–Crippen LogP) is 1.36. The van der Waals surface area contributed by atoms with Gasteiger partial charge < -0.3 is 9.64 Å². The first kappa shape index (κ1) is 16.9. The van der Waals surface area contributed by atoms with Crippen LogP contribution in [-0.2, 0) is 10.0 Å². The Morgan fingerprint density at radius 2 is 1.83 bits per heavy atom. The van der Waals surface area contributed by atoms with Crippen molar-refractivity contribution in [1.29, 1.82) is 0 Å². The molecule has 1 aromatic heterocycles. The molecule has 2 aromatic rings. The van der Waals surface area contributed by atoms with Gasteiger partial charge in [-0.2, -0.15) is 15.0 Å². The number of rotatable bonds is 5. The van der Waals surface area contributed by atoms with Gasteiger partial charge in [0.1, 0.15) is 16.5 Å². The summed E-state index contributed by atoms with van der Waals surface area (Å²) in [6, 6.07) is 4.91. The lowest BCUT2D eigenvalue weighted by atomic mass is 10.2. The minimum Gasteiger partial charge on any atom is -0.495 e. The van der Waals surface area contributed by atoms with Crippen molar-refractivity contribution < 1.29 is 13.2 Å². The Bertz CT molecular complexity index is 821. The molecule has 1 N–H and O–H groups in total. The fourth-order valence-electron chi connectivity index (χ4n) is 1.88. The molecule has 0 unspecified atom stereocenters. The van der Waals surface area contributed by atoms with Gasteiger partial charge in [0.05, 0.1) is 7.11 Å². The second kappa shape index (κ2) is 6.37. The quantitative estimate of drug-likeness (QED) is 0.880. The van der Waals surface area contributed by atoms with Gasteiger partial charge in [-0.1, -0.05) is 6.07 Å². The first-order valence-corrected chi connectivity index (χ1v) is 8.28. The summed E-state index contributed by atoms with van der Waals surface area (Å²) in [7, 11) is 1.05. The normalized spacial score (nSPS) is 11.2. The molecular weight excluding hydrogens is 318 g/mol. The maximum atomic E-state index is 12.6. The van der Waals surface area contributed by atoms with E-state index in [4.69, 9.17) is 4.74 Å². The summed E-state index contributed by atoms with van der Waals surface area (Å²) in [6.45, 7) is 3.47. The lowest BCUT2D eigenvalue weighted by Gasteiger charge is -2.14. The third-order valence-corrected chi connectivity index (χ3v) is 4.32. The van der Waals surface area contributed by atoms with E-state index in [0.29, 0.717) is 11.8 Å². The molecule has 9 heteroatoms. The standard InChI is InChI=1S/C14H19N5O3S/c1-9-6-7-11(22-5)12(8-9)23(20,21)18-13-15-10(2)16-14(17-13)19(3)4/h6-8H,1-5H3,(H,15,16,17,18). The summed E-state index contributed by atoms with van der Waals surface area (Å²) in [5.74, 6) is 0.996. The van der Waals surface area contributed by atoms with E-state index in [-0.39, 0.29) is 16.6 Å². The van der Waals surface area contributed by atoms with Crippen molar-refractivity contribution in [2.75, 3.05) is 30.8 Å². The largest absolute Gasteiger partial charge is 0.495 e. The van der Waals surface area contributed by atoms with Gasteiger partial charge in [-0.05, 0) is 31.5 Å². The molecule has 0 saturated heterocycles. The van der Waals surface area contributed by atoms with Crippen LogP contribution in [0.4, 0.5) is 11.9 Å². The minimum atomic E-state index is -3.88. The maximum Gasteiger partial charge on any atom is 0.267 e. The topological polar surface area (TPSA) is 97.3 Å². The number of hydrogen-bond donors (Lipinski definition) is 1. The number of sulfonamides is 1. The molecule has 1 aromatic carbocycles. The summed E-state index contributed by atoms with van der Waals surface area (Å²) in [5.41, 5.74) is 0.798. The second-order valence-corrected chi connectivity index (χ2v) is 6.81. The fraction of sp³-hybridized carbons (Fsp3) is 0.357. The molecule has 0 atom stereocenters. The van der Waals surface area contributed by atoms with Gasteiger partial charge in [-0.25, -0.2) is 13.1 Å². The van der Waals surface area contributed by atoms with E-state index in [2.05, 4.69) is 19.7 Å². The zero-order valence-corrected chi connectivity index (χ0v) is 14.5. The average molecular weight is 337 g/mol. The molecule has 0 amide bonds. The lowest BCUT2D eigenvalue weighted by Crippen LogP contribution is -2.19. The van der Waals surface area contributed by atoms with Crippen LogP contribution in [0.3, 0.4) is 0 Å². The van der Waals surface area contributed by atoms with E-state index in [1.165, 1.54) is 13.2 Å². The summed E-state index contributed by atoms with van der Waals surface area (Å²) >= 11 is 0. The number of benzene rings is 1. The Hall–Kier alpha value is -2.42. The predicted molar refractivity (Wildman–Crippen MR) is 87.4 cm³/mol. The molecule has 0 spiro atoms. The van der Waals surface area contributed by atoms with Crippen LogP contribution in [0.5, 0.6) is 5.75 Å². The van der Waals surface area contributed by atoms with Gasteiger partial charge in [-0.3, -0.25) is 0 Å². The van der Waals surface area contributed by atoms with Crippen molar-refractivity contribution in [1.82, 2.24) is 15.0 Å². The van der Waals surface area contributed by atoms with Crippen molar-refractivity contribution in [3.63, 3.8) is 0 Å². The van der Waals surface area contributed by atoms with Crippen molar-refractivity contribution >= 4 is 21.9 Å². The Balaban J connectivity index is 2.45. The zero-order valence-electron chi connectivity index (χ0n) is 13.7. The number of ether oxygens (including phenoxy) is 1. The van der Waals surface area contributed by atoms with Crippen LogP contribution in [0, 0.1) is 13.8 Å². The van der Waals surface area contributed by atoms with Gasteiger partial charge in [-0.15, -0.1) is 0 Å². The maximum absolute atomic E-state index is 12.6. The Morgan fingerprint density at radius 3 is 2.43 bits per heavy atom. The van der Waals surface area contributed by atoms with Crippen LogP contribution in [0.2, 0.25) is 0 Å². The minimum absolute atomic E-state index is 0.0319. The molecule has 0 aliphatic carbocycles. The number of hydrogen-bond acceptors (Lipinski definition) is 7. The number of aryl methyl sites for hydroxylation is 2. The van der Waals surface area contributed by atoms with Crippen LogP contribution in [0.25, 0.3) is 0 Å². The van der Waals surface area contributed by atoms with E-state index in [0.717, 1.165) is 5.56 Å². The zero-order chi connectivity index (χ0) is 17.2. The number of nitrogens with zero attached hydrogens (tertiary/aromatic N) is 4. The molecule has 2 rings (SSSR count). The van der Waals surface area contributed by atoms with Crippen molar-refractivity contribution in [2.45, 2.75) is 18.7 Å². The third kappa shape index (κ3) is 3.86. The highest BCUT2D eigenvalue weighted by Gasteiger charge is 2.21. The number of methoxy groups -OCH3 is 1. The van der Waals surface area contributed by atoms with Crippen LogP contribution >= 0.6 is 0 Å². The highest BCUT2D eigenvalue weighted by atomic mass is 32.2. The molecule has 0 aliphatic heterocycles. The fourth-order valence-corrected chi connectivity index (χ4v) is 3.08. The van der Waals surface area contributed by atoms with Crippen LogP contribution in [-0.4, -0.2) is 44.6 Å². The first-order chi connectivity index (χ1) is 10.7. The molecule has 124 valence electrons. The van der Waals surface area contributed by atoms with Gasteiger partial charge in [0.2, 0.25) is 11.9 Å². The monoisotopic (exact) mass is 337 g/mol. The Kier molecular flexibility index (Phi) is 4.69. The van der Waals surface area contributed by atoms with E-state index >= 15 is 0 Å². The number of anilines is 2. The summed E-state index contributed by atoms with van der Waals surface area (Å²) in [4.78, 5) is 13.9. The highest BCUT2D eigenvalue weighted by molar-refractivity contribution is 7.92. The molecule has 0 saturated carbocycles. The molecular formula is C14H19N5O3S. The molecule has 0 aliphatic rings. The SMILES string of the molecule is COc1ccc(C)cc1S(=O)(=O)Nc1nc(C)nc(N(C)C)n1. The van der Waals surface area contributed by atoms with Crippen molar-refractivity contribution in [3.05, 3.63) is 29.6 Å². The number of nitrogens with one attached hydrogen (secondary N) is 1. The molecule has 1 heterocycles. The van der Waals surface area contributed by atoms with E-state index < -0.39 is 10.0 Å². The first-order valence-electron chi connectivity index (χ1n) is 6.80. The van der Waals surface area contributed by atoms with Gasteiger partial charge in [0.15, 0.2) is 0 Å². The van der Waals surface area contributed by atoms with E-state index in [9.17, 15) is 8.42 Å². The summed E-state index contributed by atoms with van der Waals surface area (Å²) < 4.78 is 32.7. The van der Waals surface area contributed by atoms with Gasteiger partial charge >= 0.3 is 0 Å². The molecule has 0 fully saturated rings. The van der Waals surface area contributed by atoms with Crippen molar-refractivity contribution in [3.8, 4) is 5.75 Å². The molecule has 0 bridgehead atoms. The Labute approximate surface area is 135 Å². The number of aromatic nitrogens is 3. The molecule has 8 nitrogen and oxygen atoms in total.